The van der Waals surface area contributed by atoms with Gasteiger partial charge in [-0.15, -0.1) is 0 Å². The highest BCUT2D eigenvalue weighted by molar-refractivity contribution is 5.94. The van der Waals surface area contributed by atoms with Crippen molar-refractivity contribution in [2.45, 2.75) is 6.42 Å². The van der Waals surface area contributed by atoms with Crippen molar-refractivity contribution in [1.29, 1.82) is 0 Å². The van der Waals surface area contributed by atoms with Crippen molar-refractivity contribution in [3.63, 3.8) is 0 Å². The Labute approximate surface area is 114 Å². The van der Waals surface area contributed by atoms with E-state index in [0.29, 0.717) is 31.8 Å². The minimum Gasteiger partial charge on any atom is -0.395 e. The van der Waals surface area contributed by atoms with Crippen LogP contribution in [0.1, 0.15) is 15.9 Å². The zero-order valence-electron chi connectivity index (χ0n) is 11.3. The van der Waals surface area contributed by atoms with Gasteiger partial charge in [-0.3, -0.25) is 4.79 Å². The molecule has 0 aliphatic rings. The van der Waals surface area contributed by atoms with Gasteiger partial charge in [0, 0.05) is 25.8 Å². The Hall–Kier alpha value is -1.43. The third kappa shape index (κ3) is 4.98. The third-order valence-corrected chi connectivity index (χ3v) is 2.83. The maximum Gasteiger partial charge on any atom is 0.254 e. The zero-order chi connectivity index (χ0) is 14.1. The van der Waals surface area contributed by atoms with Crippen LogP contribution in [0.3, 0.4) is 0 Å². The fourth-order valence-electron chi connectivity index (χ4n) is 1.85. The number of hydrogen-bond donors (Lipinski definition) is 2. The van der Waals surface area contributed by atoms with Gasteiger partial charge >= 0.3 is 0 Å². The molecule has 0 saturated carbocycles. The average Bonchev–Trinajstić information content (AvgIpc) is 2.43. The van der Waals surface area contributed by atoms with E-state index in [1.54, 1.807) is 18.1 Å². The van der Waals surface area contributed by atoms with Gasteiger partial charge in [-0.1, -0.05) is 12.1 Å². The summed E-state index contributed by atoms with van der Waals surface area (Å²) >= 11 is 0. The van der Waals surface area contributed by atoms with Crippen molar-refractivity contribution in [3.05, 3.63) is 35.4 Å². The summed E-state index contributed by atoms with van der Waals surface area (Å²) in [6, 6.07) is 7.44. The zero-order valence-corrected chi connectivity index (χ0v) is 11.3. The van der Waals surface area contributed by atoms with E-state index < -0.39 is 0 Å². The molecule has 0 bridgehead atoms. The lowest BCUT2D eigenvalue weighted by atomic mass is 10.1. The number of aliphatic hydroxyl groups excluding tert-OH is 1. The predicted molar refractivity (Wildman–Crippen MR) is 74.1 cm³/mol. The van der Waals surface area contributed by atoms with E-state index in [-0.39, 0.29) is 12.5 Å². The minimum absolute atomic E-state index is 0.0576. The number of carbonyl (C=O) groups excluding carboxylic acids is 1. The number of ether oxygens (including phenoxy) is 1. The van der Waals surface area contributed by atoms with Crippen molar-refractivity contribution in [1.82, 2.24) is 4.90 Å². The number of hydrogen-bond acceptors (Lipinski definition) is 4. The number of carbonyl (C=O) groups is 1. The summed E-state index contributed by atoms with van der Waals surface area (Å²) in [5, 5.41) is 9.02. The van der Waals surface area contributed by atoms with Crippen LogP contribution in [0.5, 0.6) is 0 Å². The molecule has 0 fully saturated rings. The van der Waals surface area contributed by atoms with Gasteiger partial charge in [-0.2, -0.15) is 0 Å². The molecule has 0 aliphatic carbocycles. The predicted octanol–water partition coefficient (Wildman–Crippen LogP) is 0.269. The summed E-state index contributed by atoms with van der Waals surface area (Å²) < 4.78 is 4.97. The number of aliphatic hydroxyl groups is 1. The summed E-state index contributed by atoms with van der Waals surface area (Å²) in [5.41, 5.74) is 7.18. The lowest BCUT2D eigenvalue weighted by Gasteiger charge is -2.21. The molecule has 0 radical (unpaired) electrons. The van der Waals surface area contributed by atoms with Crippen LogP contribution in [0, 0.1) is 0 Å². The van der Waals surface area contributed by atoms with Crippen LogP contribution >= 0.6 is 0 Å². The molecule has 1 amide bonds. The molecule has 1 aromatic rings. The summed E-state index contributed by atoms with van der Waals surface area (Å²) in [5.74, 6) is -0.0926. The Morgan fingerprint density at radius 2 is 2.21 bits per heavy atom. The maximum absolute atomic E-state index is 12.3. The summed E-state index contributed by atoms with van der Waals surface area (Å²) in [7, 11) is 1.59. The van der Waals surface area contributed by atoms with Crippen LogP contribution in [-0.2, 0) is 11.2 Å². The highest BCUT2D eigenvalue weighted by Crippen LogP contribution is 2.09. The van der Waals surface area contributed by atoms with Crippen LogP contribution in [0.4, 0.5) is 0 Å². The molecule has 106 valence electrons. The van der Waals surface area contributed by atoms with Crippen molar-refractivity contribution < 1.29 is 14.6 Å². The van der Waals surface area contributed by atoms with Crippen LogP contribution in [-0.4, -0.2) is 55.9 Å². The Morgan fingerprint density at radius 1 is 1.42 bits per heavy atom. The molecule has 3 N–H and O–H groups in total. The quantitative estimate of drug-likeness (QED) is 0.708. The molecule has 5 nitrogen and oxygen atoms in total. The number of nitrogens with zero attached hydrogens (tertiary/aromatic N) is 1. The Morgan fingerprint density at radius 3 is 2.84 bits per heavy atom. The number of benzene rings is 1. The van der Waals surface area contributed by atoms with Crippen LogP contribution < -0.4 is 5.73 Å². The van der Waals surface area contributed by atoms with E-state index in [4.69, 9.17) is 15.6 Å². The first-order valence-corrected chi connectivity index (χ1v) is 6.41. The summed E-state index contributed by atoms with van der Waals surface area (Å²) in [6.45, 7) is 1.73. The van der Waals surface area contributed by atoms with E-state index in [2.05, 4.69) is 0 Å². The molecule has 0 saturated heterocycles. The average molecular weight is 266 g/mol. The van der Waals surface area contributed by atoms with Gasteiger partial charge in [0.25, 0.3) is 5.91 Å². The van der Waals surface area contributed by atoms with Crippen LogP contribution in [0.15, 0.2) is 24.3 Å². The number of amides is 1. The number of nitrogens with two attached hydrogens (primary N) is 1. The standard InChI is InChI=1S/C14H22N2O3/c1-19-10-8-16(7-9-17)14(18)13-4-2-3-12(11-13)5-6-15/h2-4,11,17H,5-10,15H2,1H3. The second-order valence-corrected chi connectivity index (χ2v) is 4.25. The molecule has 0 aromatic heterocycles. The summed E-state index contributed by atoms with van der Waals surface area (Å²) in [4.78, 5) is 13.9. The first-order chi connectivity index (χ1) is 9.22. The lowest BCUT2D eigenvalue weighted by molar-refractivity contribution is 0.0656. The molecule has 19 heavy (non-hydrogen) atoms. The Kier molecular flexibility index (Phi) is 7.10. The fourth-order valence-corrected chi connectivity index (χ4v) is 1.85. The van der Waals surface area contributed by atoms with E-state index in [1.807, 2.05) is 18.2 Å². The van der Waals surface area contributed by atoms with Crippen molar-refractivity contribution in [3.8, 4) is 0 Å². The van der Waals surface area contributed by atoms with Crippen molar-refractivity contribution >= 4 is 5.91 Å². The molecule has 0 spiro atoms. The molecule has 1 aromatic carbocycles. The van der Waals surface area contributed by atoms with Gasteiger partial charge in [0.1, 0.15) is 0 Å². The van der Waals surface area contributed by atoms with Gasteiger partial charge < -0.3 is 20.5 Å². The molecular formula is C14H22N2O3. The molecule has 5 heteroatoms. The first kappa shape index (κ1) is 15.6. The van der Waals surface area contributed by atoms with Gasteiger partial charge in [0.15, 0.2) is 0 Å². The van der Waals surface area contributed by atoms with E-state index in [1.165, 1.54) is 0 Å². The molecular weight excluding hydrogens is 244 g/mol. The molecule has 0 heterocycles. The van der Waals surface area contributed by atoms with Gasteiger partial charge in [0.2, 0.25) is 0 Å². The fraction of sp³-hybridized carbons (Fsp3) is 0.500. The SMILES string of the molecule is COCCN(CCO)C(=O)c1cccc(CCN)c1. The molecule has 0 unspecified atom stereocenters. The van der Waals surface area contributed by atoms with Gasteiger partial charge in [-0.25, -0.2) is 0 Å². The molecule has 0 atom stereocenters. The second kappa shape index (κ2) is 8.63. The minimum atomic E-state index is -0.0926. The van der Waals surface area contributed by atoms with E-state index in [9.17, 15) is 4.79 Å². The maximum atomic E-state index is 12.3. The topological polar surface area (TPSA) is 75.8 Å². The van der Waals surface area contributed by atoms with Gasteiger partial charge in [0.05, 0.1) is 13.2 Å². The summed E-state index contributed by atoms with van der Waals surface area (Å²) in [6.07, 6.45) is 0.749. The molecule has 1 rings (SSSR count). The molecule has 0 aliphatic heterocycles. The number of methoxy groups -OCH3 is 1. The van der Waals surface area contributed by atoms with E-state index in [0.717, 1.165) is 12.0 Å². The monoisotopic (exact) mass is 266 g/mol. The highest BCUT2D eigenvalue weighted by Gasteiger charge is 2.15. The van der Waals surface area contributed by atoms with Crippen LogP contribution in [0.2, 0.25) is 0 Å². The Balaban J connectivity index is 2.79. The largest absolute Gasteiger partial charge is 0.395 e. The normalized spacial score (nSPS) is 10.5. The third-order valence-electron chi connectivity index (χ3n) is 2.83. The smallest absolute Gasteiger partial charge is 0.254 e. The van der Waals surface area contributed by atoms with Gasteiger partial charge in [-0.05, 0) is 30.7 Å². The Bertz CT molecular complexity index is 396. The number of rotatable bonds is 8. The second-order valence-electron chi connectivity index (χ2n) is 4.25. The van der Waals surface area contributed by atoms with E-state index >= 15 is 0 Å². The van der Waals surface area contributed by atoms with Crippen LogP contribution in [0.25, 0.3) is 0 Å². The van der Waals surface area contributed by atoms with Crippen molar-refractivity contribution in [2.75, 3.05) is 40.0 Å². The highest BCUT2D eigenvalue weighted by atomic mass is 16.5. The lowest BCUT2D eigenvalue weighted by Crippen LogP contribution is -2.36. The first-order valence-electron chi connectivity index (χ1n) is 6.41. The van der Waals surface area contributed by atoms with Crippen molar-refractivity contribution in [2.24, 2.45) is 5.73 Å².